The lowest BCUT2D eigenvalue weighted by atomic mass is 9.91. The first-order chi connectivity index (χ1) is 7.40. The summed E-state index contributed by atoms with van der Waals surface area (Å²) < 4.78 is 0. The summed E-state index contributed by atoms with van der Waals surface area (Å²) in [5.74, 6) is 0. The zero-order valence-corrected chi connectivity index (χ0v) is 9.47. The molecule has 0 unspecified atom stereocenters. The predicted octanol–water partition coefficient (Wildman–Crippen LogP) is 2.20. The lowest BCUT2D eigenvalue weighted by Gasteiger charge is -2.17. The summed E-state index contributed by atoms with van der Waals surface area (Å²) in [7, 11) is 1.98. The van der Waals surface area contributed by atoms with Crippen LogP contribution >= 0.6 is 0 Å². The van der Waals surface area contributed by atoms with Crippen LogP contribution < -0.4 is 10.6 Å². The SMILES string of the molecule is CNCCNc1ccc2c(c1)CCCC2. The molecule has 1 aliphatic rings. The van der Waals surface area contributed by atoms with E-state index in [0.29, 0.717) is 0 Å². The number of likely N-dealkylation sites (N-methyl/N-ethyl adjacent to an activating group) is 1. The molecular formula is C13H20N2. The second-order valence-electron chi connectivity index (χ2n) is 4.22. The third kappa shape index (κ3) is 2.72. The Kier molecular flexibility index (Phi) is 3.62. The fourth-order valence-corrected chi connectivity index (χ4v) is 2.18. The number of nitrogens with one attached hydrogen (secondary N) is 2. The summed E-state index contributed by atoms with van der Waals surface area (Å²) in [4.78, 5) is 0. The molecule has 82 valence electrons. The average molecular weight is 204 g/mol. The van der Waals surface area contributed by atoms with Crippen molar-refractivity contribution in [1.29, 1.82) is 0 Å². The molecule has 15 heavy (non-hydrogen) atoms. The first kappa shape index (κ1) is 10.5. The van der Waals surface area contributed by atoms with Crippen molar-refractivity contribution < 1.29 is 0 Å². The van der Waals surface area contributed by atoms with Crippen LogP contribution in [0.5, 0.6) is 0 Å². The first-order valence-corrected chi connectivity index (χ1v) is 5.90. The monoisotopic (exact) mass is 204 g/mol. The highest BCUT2D eigenvalue weighted by atomic mass is 14.9. The van der Waals surface area contributed by atoms with Gasteiger partial charge < -0.3 is 10.6 Å². The molecule has 2 nitrogen and oxygen atoms in total. The van der Waals surface area contributed by atoms with Gasteiger partial charge in [-0.1, -0.05) is 6.07 Å². The molecule has 0 heterocycles. The normalized spacial score (nSPS) is 14.7. The summed E-state index contributed by atoms with van der Waals surface area (Å²) in [6.45, 7) is 2.01. The van der Waals surface area contributed by atoms with Crippen molar-refractivity contribution in [2.75, 3.05) is 25.5 Å². The molecule has 1 aromatic carbocycles. The van der Waals surface area contributed by atoms with E-state index < -0.39 is 0 Å². The molecule has 2 heteroatoms. The van der Waals surface area contributed by atoms with Crippen LogP contribution in [0.2, 0.25) is 0 Å². The quantitative estimate of drug-likeness (QED) is 0.735. The standard InChI is InChI=1S/C13H20N2/c1-14-8-9-15-13-7-6-11-4-2-3-5-12(11)10-13/h6-7,10,14-15H,2-5,8-9H2,1H3. The van der Waals surface area contributed by atoms with E-state index in [1.807, 2.05) is 7.05 Å². The van der Waals surface area contributed by atoms with Gasteiger partial charge in [-0.3, -0.25) is 0 Å². The Labute approximate surface area is 92.1 Å². The van der Waals surface area contributed by atoms with Gasteiger partial charge in [0.15, 0.2) is 0 Å². The second kappa shape index (κ2) is 5.17. The van der Waals surface area contributed by atoms with Crippen LogP contribution in [0.15, 0.2) is 18.2 Å². The van der Waals surface area contributed by atoms with Crippen molar-refractivity contribution in [2.45, 2.75) is 25.7 Å². The molecule has 1 aromatic rings. The third-order valence-electron chi connectivity index (χ3n) is 3.05. The highest BCUT2D eigenvalue weighted by Crippen LogP contribution is 2.23. The van der Waals surface area contributed by atoms with Crippen LogP contribution in [0.1, 0.15) is 24.0 Å². The Balaban J connectivity index is 2.00. The minimum atomic E-state index is 0.995. The van der Waals surface area contributed by atoms with Crippen LogP contribution in [0.3, 0.4) is 0 Å². The number of fused-ring (bicyclic) bond motifs is 1. The molecule has 0 spiro atoms. The van der Waals surface area contributed by atoms with E-state index in [-0.39, 0.29) is 0 Å². The van der Waals surface area contributed by atoms with Gasteiger partial charge in [-0.15, -0.1) is 0 Å². The Hall–Kier alpha value is -1.02. The maximum absolute atomic E-state index is 3.43. The van der Waals surface area contributed by atoms with E-state index in [2.05, 4.69) is 28.8 Å². The fourth-order valence-electron chi connectivity index (χ4n) is 2.18. The Morgan fingerprint density at radius 3 is 2.67 bits per heavy atom. The highest BCUT2D eigenvalue weighted by molar-refractivity contribution is 5.49. The minimum Gasteiger partial charge on any atom is -0.384 e. The summed E-state index contributed by atoms with van der Waals surface area (Å²) in [5, 5.41) is 6.57. The number of anilines is 1. The largest absolute Gasteiger partial charge is 0.384 e. The summed E-state index contributed by atoms with van der Waals surface area (Å²) in [6, 6.07) is 6.82. The number of aryl methyl sites for hydroxylation is 2. The number of benzene rings is 1. The Morgan fingerprint density at radius 1 is 1.07 bits per heavy atom. The lowest BCUT2D eigenvalue weighted by molar-refractivity contribution is 0.685. The zero-order valence-electron chi connectivity index (χ0n) is 9.47. The Morgan fingerprint density at radius 2 is 1.87 bits per heavy atom. The molecule has 0 radical (unpaired) electrons. The molecule has 0 fully saturated rings. The van der Waals surface area contributed by atoms with Gasteiger partial charge in [0.2, 0.25) is 0 Å². The van der Waals surface area contributed by atoms with Gasteiger partial charge in [-0.05, 0) is 56.0 Å². The van der Waals surface area contributed by atoms with Gasteiger partial charge in [-0.2, -0.15) is 0 Å². The molecule has 2 N–H and O–H groups in total. The van der Waals surface area contributed by atoms with E-state index in [1.54, 1.807) is 11.1 Å². The summed E-state index contributed by atoms with van der Waals surface area (Å²) in [6.07, 6.45) is 5.25. The van der Waals surface area contributed by atoms with E-state index in [0.717, 1.165) is 13.1 Å². The van der Waals surface area contributed by atoms with E-state index in [9.17, 15) is 0 Å². The maximum Gasteiger partial charge on any atom is 0.0343 e. The van der Waals surface area contributed by atoms with Gasteiger partial charge in [0.05, 0.1) is 0 Å². The molecular weight excluding hydrogens is 184 g/mol. The van der Waals surface area contributed by atoms with Crippen LogP contribution in [0, 0.1) is 0 Å². The van der Waals surface area contributed by atoms with E-state index >= 15 is 0 Å². The first-order valence-electron chi connectivity index (χ1n) is 5.90. The molecule has 0 saturated heterocycles. The van der Waals surface area contributed by atoms with Crippen molar-refractivity contribution in [2.24, 2.45) is 0 Å². The molecule has 1 aliphatic carbocycles. The zero-order chi connectivity index (χ0) is 10.5. The van der Waals surface area contributed by atoms with Gasteiger partial charge in [0.1, 0.15) is 0 Å². The van der Waals surface area contributed by atoms with Crippen LogP contribution in [-0.4, -0.2) is 20.1 Å². The van der Waals surface area contributed by atoms with Crippen molar-refractivity contribution >= 4 is 5.69 Å². The number of rotatable bonds is 4. The third-order valence-corrected chi connectivity index (χ3v) is 3.05. The van der Waals surface area contributed by atoms with Gasteiger partial charge in [0.25, 0.3) is 0 Å². The number of hydrogen-bond donors (Lipinski definition) is 2. The average Bonchev–Trinajstić information content (AvgIpc) is 2.29. The predicted molar refractivity (Wildman–Crippen MR) is 65.5 cm³/mol. The molecule has 0 aromatic heterocycles. The summed E-state index contributed by atoms with van der Waals surface area (Å²) in [5.41, 5.74) is 4.38. The van der Waals surface area contributed by atoms with Crippen molar-refractivity contribution in [1.82, 2.24) is 5.32 Å². The molecule has 0 atom stereocenters. The second-order valence-corrected chi connectivity index (χ2v) is 4.22. The fraction of sp³-hybridized carbons (Fsp3) is 0.538. The molecule has 0 aliphatic heterocycles. The minimum absolute atomic E-state index is 0.995. The van der Waals surface area contributed by atoms with E-state index in [1.165, 1.54) is 31.4 Å². The molecule has 0 amide bonds. The maximum atomic E-state index is 3.43. The topological polar surface area (TPSA) is 24.1 Å². The van der Waals surface area contributed by atoms with E-state index in [4.69, 9.17) is 0 Å². The highest BCUT2D eigenvalue weighted by Gasteiger charge is 2.08. The molecule has 0 saturated carbocycles. The van der Waals surface area contributed by atoms with Crippen LogP contribution in [0.4, 0.5) is 5.69 Å². The Bertz CT molecular complexity index is 320. The van der Waals surface area contributed by atoms with Gasteiger partial charge in [0, 0.05) is 18.8 Å². The van der Waals surface area contributed by atoms with Gasteiger partial charge in [-0.25, -0.2) is 0 Å². The lowest BCUT2D eigenvalue weighted by Crippen LogP contribution is -2.17. The number of hydrogen-bond acceptors (Lipinski definition) is 2. The van der Waals surface area contributed by atoms with Crippen LogP contribution in [0.25, 0.3) is 0 Å². The molecule has 2 rings (SSSR count). The van der Waals surface area contributed by atoms with Crippen molar-refractivity contribution in [3.8, 4) is 0 Å². The van der Waals surface area contributed by atoms with Gasteiger partial charge >= 0.3 is 0 Å². The van der Waals surface area contributed by atoms with Crippen molar-refractivity contribution in [3.05, 3.63) is 29.3 Å². The van der Waals surface area contributed by atoms with Crippen LogP contribution in [-0.2, 0) is 12.8 Å². The van der Waals surface area contributed by atoms with Crippen molar-refractivity contribution in [3.63, 3.8) is 0 Å². The summed E-state index contributed by atoms with van der Waals surface area (Å²) >= 11 is 0. The smallest absolute Gasteiger partial charge is 0.0343 e. The molecule has 0 bridgehead atoms.